The SMILES string of the molecule is O=S(=O)(c1ccc(CCl)cc1F)N1CCC2CCCCC21. The van der Waals surface area contributed by atoms with E-state index in [1.54, 1.807) is 6.07 Å². The van der Waals surface area contributed by atoms with Gasteiger partial charge in [-0.15, -0.1) is 11.6 Å². The summed E-state index contributed by atoms with van der Waals surface area (Å²) >= 11 is 5.66. The van der Waals surface area contributed by atoms with E-state index >= 15 is 0 Å². The van der Waals surface area contributed by atoms with E-state index in [0.717, 1.165) is 25.7 Å². The van der Waals surface area contributed by atoms with E-state index in [4.69, 9.17) is 11.6 Å². The predicted molar refractivity (Wildman–Crippen MR) is 80.2 cm³/mol. The Bertz CT molecular complexity index is 635. The molecule has 3 nitrogen and oxygen atoms in total. The fourth-order valence-corrected chi connectivity index (χ4v) is 5.57. The zero-order valence-electron chi connectivity index (χ0n) is 11.8. The highest BCUT2D eigenvalue weighted by atomic mass is 35.5. The lowest BCUT2D eigenvalue weighted by molar-refractivity contribution is 0.260. The lowest BCUT2D eigenvalue weighted by atomic mass is 9.86. The molecule has 2 aliphatic rings. The quantitative estimate of drug-likeness (QED) is 0.795. The van der Waals surface area contributed by atoms with Gasteiger partial charge in [0.2, 0.25) is 10.0 Å². The molecule has 0 radical (unpaired) electrons. The highest BCUT2D eigenvalue weighted by Gasteiger charge is 2.43. The molecule has 0 aromatic heterocycles. The summed E-state index contributed by atoms with van der Waals surface area (Å²) in [5.74, 6) is -0.0859. The molecular weight excluding hydrogens is 313 g/mol. The first-order valence-electron chi connectivity index (χ1n) is 7.40. The second-order valence-electron chi connectivity index (χ2n) is 5.91. The van der Waals surface area contributed by atoms with Crippen LogP contribution in [0.1, 0.15) is 37.7 Å². The van der Waals surface area contributed by atoms with Gasteiger partial charge in [0.15, 0.2) is 0 Å². The van der Waals surface area contributed by atoms with Gasteiger partial charge >= 0.3 is 0 Å². The van der Waals surface area contributed by atoms with E-state index in [-0.39, 0.29) is 16.8 Å². The van der Waals surface area contributed by atoms with Crippen molar-refractivity contribution in [3.63, 3.8) is 0 Å². The molecule has 0 N–H and O–H groups in total. The number of halogens is 2. The molecule has 1 saturated carbocycles. The summed E-state index contributed by atoms with van der Waals surface area (Å²) < 4.78 is 41.2. The maximum atomic E-state index is 14.1. The van der Waals surface area contributed by atoms with Crippen LogP contribution in [0, 0.1) is 11.7 Å². The molecular formula is C15H19ClFNO2S. The Kier molecular flexibility index (Phi) is 4.26. The van der Waals surface area contributed by atoms with Gasteiger partial charge in [-0.1, -0.05) is 18.9 Å². The lowest BCUT2D eigenvalue weighted by Crippen LogP contribution is -2.39. The summed E-state index contributed by atoms with van der Waals surface area (Å²) in [7, 11) is -3.75. The van der Waals surface area contributed by atoms with E-state index < -0.39 is 15.8 Å². The number of rotatable bonds is 3. The van der Waals surface area contributed by atoms with Crippen molar-refractivity contribution in [1.29, 1.82) is 0 Å². The normalized spacial score (nSPS) is 26.8. The number of sulfonamides is 1. The fourth-order valence-electron chi connectivity index (χ4n) is 3.62. The van der Waals surface area contributed by atoms with Crippen molar-refractivity contribution in [1.82, 2.24) is 4.31 Å². The second kappa shape index (κ2) is 5.86. The smallest absolute Gasteiger partial charge is 0.207 e. The molecule has 2 unspecified atom stereocenters. The summed E-state index contributed by atoms with van der Waals surface area (Å²) in [4.78, 5) is -0.220. The van der Waals surface area contributed by atoms with Crippen LogP contribution in [0.25, 0.3) is 0 Å². The molecule has 0 bridgehead atoms. The van der Waals surface area contributed by atoms with Crippen molar-refractivity contribution in [3.05, 3.63) is 29.6 Å². The third-order valence-corrected chi connectivity index (χ3v) is 6.96. The molecule has 1 saturated heterocycles. The molecule has 1 heterocycles. The predicted octanol–water partition coefficient (Wildman–Crippen LogP) is 3.52. The average molecular weight is 332 g/mol. The van der Waals surface area contributed by atoms with Gasteiger partial charge in [0, 0.05) is 18.5 Å². The number of hydrogen-bond acceptors (Lipinski definition) is 2. The van der Waals surface area contributed by atoms with Gasteiger partial charge in [-0.2, -0.15) is 4.31 Å². The van der Waals surface area contributed by atoms with E-state index in [2.05, 4.69) is 0 Å². The molecule has 21 heavy (non-hydrogen) atoms. The first-order chi connectivity index (χ1) is 10.0. The first-order valence-corrected chi connectivity index (χ1v) is 9.37. The zero-order valence-corrected chi connectivity index (χ0v) is 13.3. The minimum absolute atomic E-state index is 0.0517. The number of hydrogen-bond donors (Lipinski definition) is 0. The van der Waals surface area contributed by atoms with Crippen LogP contribution in [0.4, 0.5) is 4.39 Å². The van der Waals surface area contributed by atoms with E-state index in [1.165, 1.54) is 22.9 Å². The Morgan fingerprint density at radius 3 is 2.71 bits per heavy atom. The molecule has 0 amide bonds. The third-order valence-electron chi connectivity index (χ3n) is 4.70. The van der Waals surface area contributed by atoms with Crippen LogP contribution in [0.2, 0.25) is 0 Å². The molecule has 116 valence electrons. The number of benzene rings is 1. The van der Waals surface area contributed by atoms with Crippen LogP contribution in [0.15, 0.2) is 23.1 Å². The summed E-state index contributed by atoms with van der Waals surface area (Å²) in [5.41, 5.74) is 0.588. The largest absolute Gasteiger partial charge is 0.246 e. The highest BCUT2D eigenvalue weighted by Crippen LogP contribution is 2.39. The van der Waals surface area contributed by atoms with E-state index in [1.807, 2.05) is 0 Å². The topological polar surface area (TPSA) is 37.4 Å². The first kappa shape index (κ1) is 15.3. The second-order valence-corrected chi connectivity index (χ2v) is 8.04. The maximum Gasteiger partial charge on any atom is 0.246 e. The summed E-state index contributed by atoms with van der Waals surface area (Å²) in [6, 6.07) is 4.19. The van der Waals surface area contributed by atoms with Crippen LogP contribution in [0.3, 0.4) is 0 Å². The van der Waals surface area contributed by atoms with Gasteiger partial charge in [0.05, 0.1) is 0 Å². The zero-order chi connectivity index (χ0) is 15.0. The van der Waals surface area contributed by atoms with E-state index in [0.29, 0.717) is 18.0 Å². The molecule has 1 aromatic rings. The third kappa shape index (κ3) is 2.71. The summed E-state index contributed by atoms with van der Waals surface area (Å²) in [5, 5.41) is 0. The Hall–Kier alpha value is -0.650. The number of fused-ring (bicyclic) bond motifs is 1. The molecule has 3 rings (SSSR count). The van der Waals surface area contributed by atoms with Gasteiger partial charge in [-0.05, 0) is 42.9 Å². The number of nitrogens with zero attached hydrogens (tertiary/aromatic N) is 1. The van der Waals surface area contributed by atoms with Crippen LogP contribution >= 0.6 is 11.6 Å². The number of alkyl halides is 1. The summed E-state index contributed by atoms with van der Waals surface area (Å²) in [6.07, 6.45) is 5.11. The van der Waals surface area contributed by atoms with Gasteiger partial charge in [-0.25, -0.2) is 12.8 Å². The Morgan fingerprint density at radius 2 is 2.00 bits per heavy atom. The van der Waals surface area contributed by atoms with Gasteiger partial charge in [0.1, 0.15) is 10.7 Å². The van der Waals surface area contributed by atoms with E-state index in [9.17, 15) is 12.8 Å². The monoisotopic (exact) mass is 331 g/mol. The minimum Gasteiger partial charge on any atom is -0.207 e. The minimum atomic E-state index is -3.75. The molecule has 0 spiro atoms. The van der Waals surface area contributed by atoms with Gasteiger partial charge in [-0.3, -0.25) is 0 Å². The molecule has 1 aliphatic carbocycles. The van der Waals surface area contributed by atoms with Crippen LogP contribution < -0.4 is 0 Å². The van der Waals surface area contributed by atoms with Crippen molar-refractivity contribution in [2.75, 3.05) is 6.54 Å². The molecule has 2 fully saturated rings. The van der Waals surface area contributed by atoms with Crippen LogP contribution in [-0.4, -0.2) is 25.3 Å². The van der Waals surface area contributed by atoms with Crippen molar-refractivity contribution in [3.8, 4) is 0 Å². The molecule has 6 heteroatoms. The van der Waals surface area contributed by atoms with Crippen molar-refractivity contribution in [2.45, 2.75) is 48.9 Å². The van der Waals surface area contributed by atoms with Crippen molar-refractivity contribution in [2.24, 2.45) is 5.92 Å². The van der Waals surface area contributed by atoms with Crippen LogP contribution in [-0.2, 0) is 15.9 Å². The van der Waals surface area contributed by atoms with Crippen molar-refractivity contribution < 1.29 is 12.8 Å². The summed E-state index contributed by atoms with van der Waals surface area (Å²) in [6.45, 7) is 0.508. The van der Waals surface area contributed by atoms with Crippen LogP contribution in [0.5, 0.6) is 0 Å². The standard InChI is InChI=1S/C15H19ClFNO2S/c16-10-11-5-6-15(13(17)9-11)21(19,20)18-8-7-12-3-1-2-4-14(12)18/h5-6,9,12,14H,1-4,7-8,10H2. The molecule has 1 aromatic carbocycles. The molecule has 2 atom stereocenters. The Labute approximate surface area is 130 Å². The Morgan fingerprint density at radius 1 is 1.24 bits per heavy atom. The Balaban J connectivity index is 1.93. The van der Waals surface area contributed by atoms with Crippen molar-refractivity contribution >= 4 is 21.6 Å². The van der Waals surface area contributed by atoms with Gasteiger partial charge < -0.3 is 0 Å². The van der Waals surface area contributed by atoms with Gasteiger partial charge in [0.25, 0.3) is 0 Å². The molecule has 1 aliphatic heterocycles. The maximum absolute atomic E-state index is 14.1. The lowest BCUT2D eigenvalue weighted by Gasteiger charge is -2.31. The average Bonchev–Trinajstić information content (AvgIpc) is 2.91. The highest BCUT2D eigenvalue weighted by molar-refractivity contribution is 7.89. The fraction of sp³-hybridized carbons (Fsp3) is 0.600.